The predicted molar refractivity (Wildman–Crippen MR) is 85.3 cm³/mol. The average molecular weight is 379 g/mol. The lowest BCUT2D eigenvalue weighted by Gasteiger charge is -2.08. The van der Waals surface area contributed by atoms with Gasteiger partial charge in [0.1, 0.15) is 5.75 Å². The van der Waals surface area contributed by atoms with Gasteiger partial charge in [-0.2, -0.15) is 0 Å². The number of benzene rings is 1. The highest BCUT2D eigenvalue weighted by molar-refractivity contribution is 6.00. The van der Waals surface area contributed by atoms with Crippen LogP contribution in [0.15, 0.2) is 30.3 Å². The molecule has 2 aromatic heterocycles. The molecule has 2 heterocycles. The Balaban J connectivity index is 1.73. The number of hydrogen-bond donors (Lipinski definition) is 1. The van der Waals surface area contributed by atoms with E-state index in [1.54, 1.807) is 19.9 Å². The van der Waals surface area contributed by atoms with Crippen LogP contribution in [-0.2, 0) is 0 Å². The number of amides is 1. The summed E-state index contributed by atoms with van der Waals surface area (Å²) in [5.41, 5.74) is 1.64. The Morgan fingerprint density at radius 2 is 1.74 bits per heavy atom. The number of rotatable bonds is 4. The van der Waals surface area contributed by atoms with Gasteiger partial charge in [-0.05, 0) is 49.4 Å². The van der Waals surface area contributed by atoms with Gasteiger partial charge in [-0.1, -0.05) is 0 Å². The molecule has 3 rings (SSSR count). The van der Waals surface area contributed by atoms with Crippen LogP contribution in [0.3, 0.4) is 0 Å². The zero-order valence-electron chi connectivity index (χ0n) is 14.0. The van der Waals surface area contributed by atoms with Crippen molar-refractivity contribution >= 4 is 11.9 Å². The van der Waals surface area contributed by atoms with E-state index in [0.29, 0.717) is 17.1 Å². The summed E-state index contributed by atoms with van der Waals surface area (Å²) in [6.45, 7) is 3.51. The van der Waals surface area contributed by atoms with Crippen molar-refractivity contribution in [1.82, 2.24) is 30.2 Å². The summed E-state index contributed by atoms with van der Waals surface area (Å²) >= 11 is 0. The molecule has 27 heavy (non-hydrogen) atoms. The van der Waals surface area contributed by atoms with Crippen molar-refractivity contribution in [1.29, 1.82) is 0 Å². The van der Waals surface area contributed by atoms with Gasteiger partial charge in [0.25, 0.3) is 11.7 Å². The standard InChI is InChI=1S/C15H12F3N7O2/c1-8-7-9(2)20-14(19-8)21-13(26)12-22-24-25(23-12)10-3-5-11(6-4-10)27-15(16,17)18/h3-7H,1-2H3,(H,19,20,21,26). The molecule has 0 aliphatic rings. The summed E-state index contributed by atoms with van der Waals surface area (Å²) in [5.74, 6) is -1.23. The highest BCUT2D eigenvalue weighted by Crippen LogP contribution is 2.23. The maximum absolute atomic E-state index is 12.2. The van der Waals surface area contributed by atoms with Gasteiger partial charge in [0.15, 0.2) is 0 Å². The van der Waals surface area contributed by atoms with Crippen molar-refractivity contribution in [2.45, 2.75) is 20.2 Å². The second-order valence-electron chi connectivity index (χ2n) is 5.37. The van der Waals surface area contributed by atoms with Crippen LogP contribution in [0.25, 0.3) is 5.69 Å². The fraction of sp³-hybridized carbons (Fsp3) is 0.200. The molecule has 0 atom stereocenters. The quantitative estimate of drug-likeness (QED) is 0.740. The van der Waals surface area contributed by atoms with E-state index in [1.165, 1.54) is 12.1 Å². The molecule has 12 heteroatoms. The number of anilines is 1. The lowest BCUT2D eigenvalue weighted by atomic mass is 10.3. The number of tetrazole rings is 1. The van der Waals surface area contributed by atoms with Gasteiger partial charge >= 0.3 is 6.36 Å². The van der Waals surface area contributed by atoms with E-state index in [0.717, 1.165) is 16.9 Å². The molecule has 3 aromatic rings. The topological polar surface area (TPSA) is 108 Å². The number of aryl methyl sites for hydroxylation is 2. The molecule has 1 aromatic carbocycles. The molecular formula is C15H12F3N7O2. The SMILES string of the molecule is Cc1cc(C)nc(NC(=O)c2nnn(-c3ccc(OC(F)(F)F)cc3)n2)n1. The summed E-state index contributed by atoms with van der Waals surface area (Å²) in [4.78, 5) is 21.3. The molecule has 0 aliphatic carbocycles. The van der Waals surface area contributed by atoms with Crippen LogP contribution in [0.5, 0.6) is 5.75 Å². The van der Waals surface area contributed by atoms with E-state index >= 15 is 0 Å². The minimum Gasteiger partial charge on any atom is -0.406 e. The van der Waals surface area contributed by atoms with Crippen molar-refractivity contribution in [3.05, 3.63) is 47.5 Å². The number of nitrogens with zero attached hydrogens (tertiary/aromatic N) is 6. The molecule has 0 spiro atoms. The molecule has 9 nitrogen and oxygen atoms in total. The second-order valence-corrected chi connectivity index (χ2v) is 5.37. The summed E-state index contributed by atoms with van der Waals surface area (Å²) in [7, 11) is 0. The van der Waals surface area contributed by atoms with Gasteiger partial charge in [-0.25, -0.2) is 9.97 Å². The monoisotopic (exact) mass is 379 g/mol. The minimum absolute atomic E-state index is 0.0995. The molecule has 0 radical (unpaired) electrons. The van der Waals surface area contributed by atoms with E-state index in [4.69, 9.17) is 0 Å². The third-order valence-corrected chi connectivity index (χ3v) is 3.13. The van der Waals surface area contributed by atoms with Crippen LogP contribution in [0.4, 0.5) is 19.1 Å². The van der Waals surface area contributed by atoms with Gasteiger partial charge in [0.05, 0.1) is 5.69 Å². The Morgan fingerprint density at radius 3 is 2.33 bits per heavy atom. The van der Waals surface area contributed by atoms with Crippen molar-refractivity contribution in [2.75, 3.05) is 5.32 Å². The van der Waals surface area contributed by atoms with E-state index in [1.807, 2.05) is 0 Å². The first-order valence-electron chi connectivity index (χ1n) is 7.49. The summed E-state index contributed by atoms with van der Waals surface area (Å²) < 4.78 is 40.3. The van der Waals surface area contributed by atoms with Gasteiger partial charge in [-0.3, -0.25) is 10.1 Å². The van der Waals surface area contributed by atoms with Crippen LogP contribution in [0.1, 0.15) is 22.0 Å². The molecule has 0 saturated carbocycles. The molecule has 0 bridgehead atoms. The van der Waals surface area contributed by atoms with E-state index < -0.39 is 18.0 Å². The highest BCUT2D eigenvalue weighted by atomic mass is 19.4. The number of aromatic nitrogens is 6. The molecule has 0 aliphatic heterocycles. The third kappa shape index (κ3) is 4.74. The van der Waals surface area contributed by atoms with Crippen molar-refractivity contribution in [3.63, 3.8) is 0 Å². The molecule has 0 fully saturated rings. The maximum Gasteiger partial charge on any atom is 0.573 e. The first-order chi connectivity index (χ1) is 12.7. The maximum atomic E-state index is 12.2. The Kier molecular flexibility index (Phi) is 4.71. The summed E-state index contributed by atoms with van der Waals surface area (Å²) in [6, 6.07) is 6.51. The van der Waals surface area contributed by atoms with Crippen LogP contribution >= 0.6 is 0 Å². The lowest BCUT2D eigenvalue weighted by Crippen LogP contribution is -2.17. The predicted octanol–water partition coefficient (Wildman–Crippen LogP) is 2.22. The van der Waals surface area contributed by atoms with Crippen molar-refractivity contribution in [3.8, 4) is 11.4 Å². The second kappa shape index (κ2) is 6.97. The fourth-order valence-corrected chi connectivity index (χ4v) is 2.14. The summed E-state index contributed by atoms with van der Waals surface area (Å²) in [5, 5.41) is 13.7. The van der Waals surface area contributed by atoms with E-state index in [2.05, 4.69) is 35.4 Å². The number of ether oxygens (including phenoxy) is 1. The zero-order valence-corrected chi connectivity index (χ0v) is 14.0. The fourth-order valence-electron chi connectivity index (χ4n) is 2.14. The molecule has 0 saturated heterocycles. The number of carbonyl (C=O) groups excluding carboxylic acids is 1. The highest BCUT2D eigenvalue weighted by Gasteiger charge is 2.31. The first kappa shape index (κ1) is 18.2. The van der Waals surface area contributed by atoms with Crippen LogP contribution in [-0.4, -0.2) is 42.4 Å². The third-order valence-electron chi connectivity index (χ3n) is 3.13. The summed E-state index contributed by atoms with van der Waals surface area (Å²) in [6.07, 6.45) is -4.78. The molecule has 1 N–H and O–H groups in total. The number of halogens is 3. The normalized spacial score (nSPS) is 11.3. The first-order valence-corrected chi connectivity index (χ1v) is 7.49. The Bertz CT molecular complexity index is 950. The van der Waals surface area contributed by atoms with Crippen LogP contribution in [0, 0.1) is 13.8 Å². The smallest absolute Gasteiger partial charge is 0.406 e. The van der Waals surface area contributed by atoms with Gasteiger partial charge < -0.3 is 4.74 Å². The van der Waals surface area contributed by atoms with E-state index in [9.17, 15) is 18.0 Å². The number of alkyl halides is 3. The molecule has 140 valence electrons. The molecular weight excluding hydrogens is 367 g/mol. The van der Waals surface area contributed by atoms with Crippen LogP contribution < -0.4 is 10.1 Å². The number of hydrogen-bond acceptors (Lipinski definition) is 7. The van der Waals surface area contributed by atoms with Gasteiger partial charge in [-0.15, -0.1) is 28.2 Å². The molecule has 0 unspecified atom stereocenters. The number of carbonyl (C=O) groups is 1. The van der Waals surface area contributed by atoms with Gasteiger partial charge in [0, 0.05) is 11.4 Å². The Morgan fingerprint density at radius 1 is 1.11 bits per heavy atom. The van der Waals surface area contributed by atoms with E-state index in [-0.39, 0.29) is 11.8 Å². The Hall–Kier alpha value is -3.57. The largest absolute Gasteiger partial charge is 0.573 e. The number of nitrogens with one attached hydrogen (secondary N) is 1. The minimum atomic E-state index is -4.78. The molecule has 1 amide bonds. The van der Waals surface area contributed by atoms with Crippen LogP contribution in [0.2, 0.25) is 0 Å². The Labute approximate surface area is 150 Å². The van der Waals surface area contributed by atoms with Gasteiger partial charge in [0.2, 0.25) is 5.95 Å². The average Bonchev–Trinajstić information content (AvgIpc) is 3.03. The van der Waals surface area contributed by atoms with Crippen molar-refractivity contribution in [2.24, 2.45) is 0 Å². The van der Waals surface area contributed by atoms with Crippen molar-refractivity contribution < 1.29 is 22.7 Å². The zero-order chi connectivity index (χ0) is 19.6. The lowest BCUT2D eigenvalue weighted by molar-refractivity contribution is -0.274.